The van der Waals surface area contributed by atoms with Crippen LogP contribution in [0.3, 0.4) is 0 Å². The van der Waals surface area contributed by atoms with Crippen LogP contribution >= 0.6 is 0 Å². The van der Waals surface area contributed by atoms with Crippen molar-refractivity contribution in [3.63, 3.8) is 0 Å². The number of aryl methyl sites for hydroxylation is 1. The van der Waals surface area contributed by atoms with Crippen LogP contribution in [0.15, 0.2) is 48.5 Å². The Morgan fingerprint density at radius 2 is 1.63 bits per heavy atom. The number of amides is 2. The second-order valence-electron chi connectivity index (χ2n) is 6.60. The van der Waals surface area contributed by atoms with E-state index >= 15 is 0 Å². The molecule has 2 rings (SSSR count). The summed E-state index contributed by atoms with van der Waals surface area (Å²) in [4.78, 5) is 26.6. The lowest BCUT2D eigenvalue weighted by atomic mass is 10.1. The van der Waals surface area contributed by atoms with E-state index in [1.807, 2.05) is 55.5 Å². The normalized spacial score (nSPS) is 11.6. The van der Waals surface area contributed by atoms with Gasteiger partial charge in [-0.25, -0.2) is 0 Å². The van der Waals surface area contributed by atoms with Gasteiger partial charge in [0.25, 0.3) is 0 Å². The zero-order chi connectivity index (χ0) is 19.8. The van der Waals surface area contributed by atoms with Crippen molar-refractivity contribution in [1.29, 1.82) is 0 Å². The summed E-state index contributed by atoms with van der Waals surface area (Å²) < 4.78 is 5.17. The third-order valence-corrected chi connectivity index (χ3v) is 4.57. The highest BCUT2D eigenvalue weighted by atomic mass is 16.5. The van der Waals surface area contributed by atoms with Gasteiger partial charge < -0.3 is 15.0 Å². The molecule has 0 saturated carbocycles. The topological polar surface area (TPSA) is 58.6 Å². The molecule has 144 valence electrons. The number of nitrogens with zero attached hydrogens (tertiary/aromatic N) is 1. The summed E-state index contributed by atoms with van der Waals surface area (Å²) in [6, 6.07) is 15.0. The highest BCUT2D eigenvalue weighted by Gasteiger charge is 2.24. The fourth-order valence-corrected chi connectivity index (χ4v) is 2.76. The van der Waals surface area contributed by atoms with Gasteiger partial charge in [-0.3, -0.25) is 9.59 Å². The number of rotatable bonds is 8. The number of benzene rings is 2. The second kappa shape index (κ2) is 9.76. The van der Waals surface area contributed by atoms with Gasteiger partial charge in [-0.05, 0) is 37.1 Å². The lowest BCUT2D eigenvalue weighted by Crippen LogP contribution is -2.47. The standard InChI is InChI=1S/C22H28N2O3/c1-5-21(25)24(15-19-10-12-20(27-4)13-11-19)17(3)22(26)23-14-18-8-6-16(2)7-9-18/h6-13,17H,5,14-15H2,1-4H3,(H,23,26)/t17-/m1/s1. The van der Waals surface area contributed by atoms with E-state index < -0.39 is 6.04 Å². The van der Waals surface area contributed by atoms with E-state index in [0.29, 0.717) is 19.5 Å². The number of ether oxygens (including phenoxy) is 1. The molecule has 5 heteroatoms. The van der Waals surface area contributed by atoms with E-state index in [0.717, 1.165) is 16.9 Å². The third kappa shape index (κ3) is 5.84. The lowest BCUT2D eigenvalue weighted by Gasteiger charge is -2.28. The molecule has 1 atom stereocenters. The van der Waals surface area contributed by atoms with Gasteiger partial charge in [-0.2, -0.15) is 0 Å². The number of carbonyl (C=O) groups is 2. The first-order chi connectivity index (χ1) is 12.9. The maximum absolute atomic E-state index is 12.6. The van der Waals surface area contributed by atoms with E-state index in [4.69, 9.17) is 4.74 Å². The average Bonchev–Trinajstić information content (AvgIpc) is 2.70. The van der Waals surface area contributed by atoms with E-state index in [2.05, 4.69) is 5.32 Å². The SMILES string of the molecule is CCC(=O)N(Cc1ccc(OC)cc1)[C@H](C)C(=O)NCc1ccc(C)cc1. The van der Waals surface area contributed by atoms with Gasteiger partial charge in [0.05, 0.1) is 7.11 Å². The molecule has 0 unspecified atom stereocenters. The Balaban J connectivity index is 2.03. The number of carbonyl (C=O) groups excluding carboxylic acids is 2. The van der Waals surface area contributed by atoms with Crippen molar-refractivity contribution in [3.05, 3.63) is 65.2 Å². The molecule has 0 aromatic heterocycles. The molecule has 27 heavy (non-hydrogen) atoms. The molecule has 0 fully saturated rings. The molecule has 0 aliphatic carbocycles. The fraction of sp³-hybridized carbons (Fsp3) is 0.364. The van der Waals surface area contributed by atoms with Crippen molar-refractivity contribution in [1.82, 2.24) is 10.2 Å². The average molecular weight is 368 g/mol. The highest BCUT2D eigenvalue weighted by molar-refractivity contribution is 5.87. The molecular formula is C22H28N2O3. The number of methoxy groups -OCH3 is 1. The molecule has 2 aromatic rings. The van der Waals surface area contributed by atoms with Crippen LogP contribution in [0, 0.1) is 6.92 Å². The van der Waals surface area contributed by atoms with Crippen LogP contribution in [0.4, 0.5) is 0 Å². The van der Waals surface area contributed by atoms with Crippen LogP contribution in [0.25, 0.3) is 0 Å². The van der Waals surface area contributed by atoms with Crippen LogP contribution in [-0.2, 0) is 22.7 Å². The summed E-state index contributed by atoms with van der Waals surface area (Å²) in [5.74, 6) is 0.547. The Morgan fingerprint density at radius 1 is 1.04 bits per heavy atom. The maximum Gasteiger partial charge on any atom is 0.242 e. The molecule has 5 nitrogen and oxygen atoms in total. The van der Waals surface area contributed by atoms with Crippen LogP contribution in [0.5, 0.6) is 5.75 Å². The minimum Gasteiger partial charge on any atom is -0.497 e. The zero-order valence-electron chi connectivity index (χ0n) is 16.5. The van der Waals surface area contributed by atoms with Crippen molar-refractivity contribution < 1.29 is 14.3 Å². The molecular weight excluding hydrogens is 340 g/mol. The van der Waals surface area contributed by atoms with Gasteiger partial charge >= 0.3 is 0 Å². The first kappa shape index (κ1) is 20.5. The van der Waals surface area contributed by atoms with Gasteiger partial charge in [0, 0.05) is 19.5 Å². The molecule has 0 radical (unpaired) electrons. The lowest BCUT2D eigenvalue weighted by molar-refractivity contribution is -0.140. The molecule has 0 aliphatic heterocycles. The van der Waals surface area contributed by atoms with Crippen molar-refractivity contribution in [2.24, 2.45) is 0 Å². The fourth-order valence-electron chi connectivity index (χ4n) is 2.76. The maximum atomic E-state index is 12.6. The van der Waals surface area contributed by atoms with Gasteiger partial charge in [-0.15, -0.1) is 0 Å². The molecule has 0 saturated heterocycles. The highest BCUT2D eigenvalue weighted by Crippen LogP contribution is 2.15. The van der Waals surface area contributed by atoms with Crippen molar-refractivity contribution in [2.75, 3.05) is 7.11 Å². The molecule has 0 heterocycles. The number of hydrogen-bond acceptors (Lipinski definition) is 3. The summed E-state index contributed by atoms with van der Waals surface area (Å²) >= 11 is 0. The molecule has 0 bridgehead atoms. The van der Waals surface area contributed by atoms with Gasteiger partial charge in [0.2, 0.25) is 11.8 Å². The molecule has 0 aliphatic rings. The summed E-state index contributed by atoms with van der Waals surface area (Å²) in [6.45, 7) is 6.43. The van der Waals surface area contributed by atoms with E-state index in [9.17, 15) is 9.59 Å². The minimum atomic E-state index is -0.551. The molecule has 1 N–H and O–H groups in total. The molecule has 2 aromatic carbocycles. The Bertz CT molecular complexity index is 754. The molecule has 2 amide bonds. The van der Waals surface area contributed by atoms with Crippen LogP contribution in [0.1, 0.15) is 37.0 Å². The smallest absolute Gasteiger partial charge is 0.242 e. The Morgan fingerprint density at radius 3 is 2.19 bits per heavy atom. The quantitative estimate of drug-likeness (QED) is 0.776. The second-order valence-corrected chi connectivity index (χ2v) is 6.60. The van der Waals surface area contributed by atoms with Crippen LogP contribution < -0.4 is 10.1 Å². The van der Waals surface area contributed by atoms with E-state index in [1.54, 1.807) is 25.9 Å². The first-order valence-corrected chi connectivity index (χ1v) is 9.20. The third-order valence-electron chi connectivity index (χ3n) is 4.57. The summed E-state index contributed by atoms with van der Waals surface area (Å²) in [6.07, 6.45) is 0.353. The number of nitrogens with one attached hydrogen (secondary N) is 1. The van der Waals surface area contributed by atoms with Crippen molar-refractivity contribution in [2.45, 2.75) is 46.3 Å². The van der Waals surface area contributed by atoms with Gasteiger partial charge in [0.15, 0.2) is 0 Å². The van der Waals surface area contributed by atoms with Gasteiger partial charge in [0.1, 0.15) is 11.8 Å². The van der Waals surface area contributed by atoms with Crippen LogP contribution in [-0.4, -0.2) is 29.9 Å². The van der Waals surface area contributed by atoms with Crippen LogP contribution in [0.2, 0.25) is 0 Å². The summed E-state index contributed by atoms with van der Waals surface area (Å²) in [5, 5.41) is 2.93. The zero-order valence-corrected chi connectivity index (χ0v) is 16.5. The van der Waals surface area contributed by atoms with E-state index in [-0.39, 0.29) is 11.8 Å². The van der Waals surface area contributed by atoms with Crippen molar-refractivity contribution >= 4 is 11.8 Å². The predicted molar refractivity (Wildman–Crippen MR) is 106 cm³/mol. The summed E-state index contributed by atoms with van der Waals surface area (Å²) in [7, 11) is 1.61. The Labute approximate surface area is 161 Å². The molecule has 0 spiro atoms. The summed E-state index contributed by atoms with van der Waals surface area (Å²) in [5.41, 5.74) is 3.16. The van der Waals surface area contributed by atoms with Gasteiger partial charge in [-0.1, -0.05) is 48.9 Å². The first-order valence-electron chi connectivity index (χ1n) is 9.20. The number of hydrogen-bond donors (Lipinski definition) is 1. The largest absolute Gasteiger partial charge is 0.497 e. The predicted octanol–water partition coefficient (Wildman–Crippen LogP) is 3.45. The Kier molecular flexibility index (Phi) is 7.41. The monoisotopic (exact) mass is 368 g/mol. The minimum absolute atomic E-state index is 0.0520. The Hall–Kier alpha value is -2.82. The van der Waals surface area contributed by atoms with E-state index in [1.165, 1.54) is 5.56 Å². The van der Waals surface area contributed by atoms with Crippen molar-refractivity contribution in [3.8, 4) is 5.75 Å².